The maximum atomic E-state index is 13.3. The van der Waals surface area contributed by atoms with Gasteiger partial charge in [-0.15, -0.1) is 0 Å². The number of carbonyl (C=O) groups is 3. The normalized spacial score (nSPS) is 16.3. The van der Waals surface area contributed by atoms with Gasteiger partial charge in [-0.3, -0.25) is 14.4 Å². The number of hydrogen-bond acceptors (Lipinski definition) is 6. The molecule has 0 saturated carbocycles. The number of aliphatic hydroxyl groups is 1. The molecule has 0 radical (unpaired) electrons. The van der Waals surface area contributed by atoms with Crippen molar-refractivity contribution in [3.63, 3.8) is 0 Å². The van der Waals surface area contributed by atoms with Gasteiger partial charge in [0.05, 0.1) is 26.2 Å². The van der Waals surface area contributed by atoms with Crippen molar-refractivity contribution in [2.75, 3.05) is 33.0 Å². The fourth-order valence-electron chi connectivity index (χ4n) is 4.41. The molecule has 10 heteroatoms. The molecule has 1 unspecified atom stereocenters. The van der Waals surface area contributed by atoms with Crippen molar-refractivity contribution in [2.24, 2.45) is 5.92 Å². The van der Waals surface area contributed by atoms with E-state index in [1.165, 1.54) is 0 Å². The summed E-state index contributed by atoms with van der Waals surface area (Å²) in [5.41, 5.74) is 1.86. The highest BCUT2D eigenvalue weighted by molar-refractivity contribution is 5.90. The van der Waals surface area contributed by atoms with Gasteiger partial charge in [0.25, 0.3) is 0 Å². The first kappa shape index (κ1) is 30.6. The second kappa shape index (κ2) is 16.9. The Balaban J connectivity index is 1.70. The molecule has 1 aliphatic heterocycles. The van der Waals surface area contributed by atoms with Gasteiger partial charge < -0.3 is 34.9 Å². The number of nitrogens with one attached hydrogen (secondary N) is 2. The number of aliphatic carboxylic acids is 1. The highest BCUT2D eigenvalue weighted by atomic mass is 16.5. The molecule has 4 N–H and O–H groups in total. The molecule has 2 aromatic rings. The van der Waals surface area contributed by atoms with Crippen LogP contribution in [-0.2, 0) is 38.5 Å². The maximum Gasteiger partial charge on any atom is 0.304 e. The Morgan fingerprint density at radius 3 is 2.70 bits per heavy atom. The number of benzene rings is 1. The van der Waals surface area contributed by atoms with Crippen LogP contribution in [0.15, 0.2) is 67.0 Å². The van der Waals surface area contributed by atoms with Crippen molar-refractivity contribution >= 4 is 17.8 Å². The van der Waals surface area contributed by atoms with Crippen LogP contribution >= 0.6 is 0 Å². The molecular formula is C30H39N3O7. The average molecular weight is 554 g/mol. The number of carboxylic acid groups (broad SMARTS) is 1. The molecule has 40 heavy (non-hydrogen) atoms. The first-order valence-electron chi connectivity index (χ1n) is 13.6. The number of amides is 2. The largest absolute Gasteiger partial charge is 0.491 e. The number of carboxylic acids is 1. The molecule has 216 valence electrons. The number of hydrogen-bond donors (Lipinski definition) is 4. The summed E-state index contributed by atoms with van der Waals surface area (Å²) in [6.07, 6.45) is 5.37. The molecule has 0 saturated heterocycles. The summed E-state index contributed by atoms with van der Waals surface area (Å²) in [5, 5.41) is 24.0. The number of ether oxygens (including phenoxy) is 2. The van der Waals surface area contributed by atoms with Crippen molar-refractivity contribution in [2.45, 2.75) is 44.7 Å². The number of fused-ring (bicyclic) bond motifs is 2. The van der Waals surface area contributed by atoms with Gasteiger partial charge in [0.2, 0.25) is 11.8 Å². The number of carbonyl (C=O) groups excluding carboxylic acids is 2. The molecule has 2 atom stereocenters. The lowest BCUT2D eigenvalue weighted by Crippen LogP contribution is -2.50. The summed E-state index contributed by atoms with van der Waals surface area (Å²) in [6, 6.07) is 16.0. The van der Waals surface area contributed by atoms with Crippen LogP contribution in [-0.4, -0.2) is 71.6 Å². The van der Waals surface area contributed by atoms with Crippen LogP contribution in [0.4, 0.5) is 0 Å². The number of nitrogens with zero attached hydrogens (tertiary/aromatic N) is 1. The van der Waals surface area contributed by atoms with Crippen molar-refractivity contribution < 1.29 is 34.1 Å². The van der Waals surface area contributed by atoms with Crippen molar-refractivity contribution in [1.82, 2.24) is 15.2 Å². The third-order valence-electron chi connectivity index (χ3n) is 6.46. The standard InChI is InChI=1S/C30H39N3O7/c34-16-19-40-26-11-9-23(10-12-26)7-5-8-25(21-28(35)36)29(37)32-27-20-24-6-3-1-2-4-14-33(22-24)15-18-39-17-13-31-30(27)38/h1-4,6,9-12,14,22,25,27,34H,5,7-8,13,15-21H2,(H,31,38)(H,32,37)(H,35,36)/t25-,27?/m1/s1. The van der Waals surface area contributed by atoms with Crippen molar-refractivity contribution in [1.29, 1.82) is 0 Å². The number of rotatable bonds is 11. The van der Waals surface area contributed by atoms with E-state index >= 15 is 0 Å². The molecule has 1 aliphatic rings. The monoisotopic (exact) mass is 553 g/mol. The molecule has 2 heterocycles. The zero-order chi connectivity index (χ0) is 28.6. The van der Waals surface area contributed by atoms with Gasteiger partial charge in [0, 0.05) is 37.8 Å². The van der Waals surface area contributed by atoms with Crippen LogP contribution in [0, 0.1) is 5.92 Å². The van der Waals surface area contributed by atoms with Gasteiger partial charge in [-0.25, -0.2) is 0 Å². The summed E-state index contributed by atoms with van der Waals surface area (Å²) in [7, 11) is 0. The zero-order valence-corrected chi connectivity index (χ0v) is 22.7. The number of aromatic nitrogens is 1. The second-order valence-electron chi connectivity index (χ2n) is 9.60. The van der Waals surface area contributed by atoms with Gasteiger partial charge in [0.15, 0.2) is 0 Å². The molecule has 10 nitrogen and oxygen atoms in total. The fourth-order valence-corrected chi connectivity index (χ4v) is 4.41. The van der Waals surface area contributed by atoms with E-state index in [0.29, 0.717) is 51.3 Å². The fraction of sp³-hybridized carbons (Fsp3) is 0.433. The van der Waals surface area contributed by atoms with Gasteiger partial charge >= 0.3 is 5.97 Å². The van der Waals surface area contributed by atoms with Crippen LogP contribution in [0.2, 0.25) is 0 Å². The summed E-state index contributed by atoms with van der Waals surface area (Å²) < 4.78 is 13.0. The van der Waals surface area contributed by atoms with Gasteiger partial charge in [-0.2, -0.15) is 0 Å². The highest BCUT2D eigenvalue weighted by Crippen LogP contribution is 2.18. The van der Waals surface area contributed by atoms with E-state index in [9.17, 15) is 19.5 Å². The Labute approximate surface area is 234 Å². The second-order valence-corrected chi connectivity index (χ2v) is 9.60. The first-order valence-corrected chi connectivity index (χ1v) is 13.6. The Morgan fingerprint density at radius 2 is 1.93 bits per heavy atom. The SMILES string of the molecule is O=C(O)C[C@@H](CCCc1ccc(OCCO)cc1)C(=O)NC1Cc2ccccccn(c2)CCOCCNC1=O. The Bertz CT molecular complexity index is 1150. The Hall–Kier alpha value is -3.89. The lowest BCUT2D eigenvalue weighted by Gasteiger charge is -2.22. The Kier molecular flexibility index (Phi) is 13.0. The molecular weight excluding hydrogens is 514 g/mol. The maximum absolute atomic E-state index is 13.3. The number of aryl methyl sites for hydroxylation is 1. The van der Waals surface area contributed by atoms with Gasteiger partial charge in [-0.1, -0.05) is 36.4 Å². The summed E-state index contributed by atoms with van der Waals surface area (Å²) in [4.78, 5) is 38.0. The summed E-state index contributed by atoms with van der Waals surface area (Å²) in [5.74, 6) is -2.00. The smallest absolute Gasteiger partial charge is 0.304 e. The highest BCUT2D eigenvalue weighted by Gasteiger charge is 2.27. The zero-order valence-electron chi connectivity index (χ0n) is 22.7. The van der Waals surface area contributed by atoms with E-state index < -0.39 is 23.8 Å². The van der Waals surface area contributed by atoms with E-state index in [1.54, 1.807) is 0 Å². The minimum absolute atomic E-state index is 0.0624. The lowest BCUT2D eigenvalue weighted by atomic mass is 9.95. The topological polar surface area (TPSA) is 139 Å². The number of aliphatic hydroxyl groups excluding tert-OH is 1. The minimum Gasteiger partial charge on any atom is -0.491 e. The summed E-state index contributed by atoms with van der Waals surface area (Å²) >= 11 is 0. The quantitative estimate of drug-likeness (QED) is 0.335. The predicted molar refractivity (Wildman–Crippen MR) is 149 cm³/mol. The van der Waals surface area contributed by atoms with E-state index in [2.05, 4.69) is 10.6 Å². The molecule has 0 aliphatic carbocycles. The van der Waals surface area contributed by atoms with Gasteiger partial charge in [-0.05, 0) is 48.6 Å². The summed E-state index contributed by atoms with van der Waals surface area (Å²) in [6.45, 7) is 1.93. The predicted octanol–water partition coefficient (Wildman–Crippen LogP) is 2.27. The lowest BCUT2D eigenvalue weighted by molar-refractivity contribution is -0.141. The van der Waals surface area contributed by atoms with E-state index in [0.717, 1.165) is 11.1 Å². The van der Waals surface area contributed by atoms with Crippen LogP contribution < -0.4 is 15.4 Å². The van der Waals surface area contributed by atoms with Crippen molar-refractivity contribution in [3.05, 3.63) is 78.1 Å². The molecule has 3 rings (SSSR count). The molecule has 0 fully saturated rings. The molecule has 2 amide bonds. The first-order chi connectivity index (χ1) is 19.4. The van der Waals surface area contributed by atoms with E-state index in [-0.39, 0.29) is 32.0 Å². The molecule has 1 aromatic carbocycles. The third kappa shape index (κ3) is 11.1. The van der Waals surface area contributed by atoms with Crippen LogP contribution in [0.5, 0.6) is 5.75 Å². The minimum atomic E-state index is -1.07. The molecule has 0 spiro atoms. The molecule has 2 bridgehead atoms. The van der Waals surface area contributed by atoms with Crippen LogP contribution in [0.1, 0.15) is 30.4 Å². The van der Waals surface area contributed by atoms with Crippen LogP contribution in [0.25, 0.3) is 0 Å². The van der Waals surface area contributed by atoms with E-state index in [4.69, 9.17) is 14.6 Å². The van der Waals surface area contributed by atoms with Crippen LogP contribution in [0.3, 0.4) is 0 Å². The Morgan fingerprint density at radius 1 is 1.12 bits per heavy atom. The van der Waals surface area contributed by atoms with Crippen molar-refractivity contribution in [3.8, 4) is 5.75 Å². The van der Waals surface area contributed by atoms with E-state index in [1.807, 2.05) is 71.6 Å². The molecule has 1 aromatic heterocycles. The average Bonchev–Trinajstić information content (AvgIpc) is 3.04. The third-order valence-corrected chi connectivity index (χ3v) is 6.46. The van der Waals surface area contributed by atoms with Gasteiger partial charge in [0.1, 0.15) is 18.4 Å².